The number of nitrogens with two attached hydrogens (primary N) is 1. The van der Waals surface area contributed by atoms with Crippen LogP contribution in [-0.2, 0) is 0 Å². The van der Waals surface area contributed by atoms with Crippen molar-refractivity contribution in [3.63, 3.8) is 0 Å². The summed E-state index contributed by atoms with van der Waals surface area (Å²) in [6.45, 7) is 0. The molecule has 19 heavy (non-hydrogen) atoms. The Kier molecular flexibility index (Phi) is 2.94. The minimum Gasteiger partial charge on any atom is -0.399 e. The molecule has 3 aromatic rings. The van der Waals surface area contributed by atoms with Crippen molar-refractivity contribution < 1.29 is 0 Å². The van der Waals surface area contributed by atoms with Crippen LogP contribution in [-0.4, -0.2) is 9.97 Å². The fourth-order valence-corrected chi connectivity index (χ4v) is 1.90. The summed E-state index contributed by atoms with van der Waals surface area (Å²) in [5.41, 5.74) is 9.39. The fourth-order valence-electron chi connectivity index (χ4n) is 1.90. The van der Waals surface area contributed by atoms with Gasteiger partial charge in [-0.3, -0.25) is 0 Å². The summed E-state index contributed by atoms with van der Waals surface area (Å²) in [4.78, 5) is 8.91. The molecular formula is C16H13N3. The first-order valence-electron chi connectivity index (χ1n) is 6.07. The monoisotopic (exact) mass is 247 g/mol. The van der Waals surface area contributed by atoms with E-state index in [1.54, 1.807) is 6.20 Å². The van der Waals surface area contributed by atoms with Gasteiger partial charge >= 0.3 is 0 Å². The molecule has 0 aliphatic heterocycles. The van der Waals surface area contributed by atoms with Crippen molar-refractivity contribution in [3.05, 3.63) is 66.9 Å². The largest absolute Gasteiger partial charge is 0.399 e. The first-order chi connectivity index (χ1) is 9.33. The average molecular weight is 247 g/mol. The third kappa shape index (κ3) is 2.45. The van der Waals surface area contributed by atoms with Crippen molar-refractivity contribution in [2.45, 2.75) is 0 Å². The molecule has 0 bridgehead atoms. The maximum absolute atomic E-state index is 5.69. The Balaban J connectivity index is 2.03. The summed E-state index contributed by atoms with van der Waals surface area (Å²) in [5.74, 6) is 0.731. The Labute approximate surface area is 111 Å². The maximum atomic E-state index is 5.69. The summed E-state index contributed by atoms with van der Waals surface area (Å²) in [6, 6.07) is 19.5. The predicted octanol–water partition coefficient (Wildman–Crippen LogP) is 3.39. The van der Waals surface area contributed by atoms with E-state index in [0.29, 0.717) is 0 Å². The van der Waals surface area contributed by atoms with E-state index in [0.717, 1.165) is 28.3 Å². The van der Waals surface area contributed by atoms with Gasteiger partial charge in [-0.1, -0.05) is 42.5 Å². The Morgan fingerprint density at radius 2 is 1.47 bits per heavy atom. The van der Waals surface area contributed by atoms with Crippen LogP contribution < -0.4 is 5.73 Å². The molecular weight excluding hydrogens is 234 g/mol. The van der Waals surface area contributed by atoms with Crippen LogP contribution in [0.15, 0.2) is 66.9 Å². The molecule has 0 aliphatic rings. The highest BCUT2D eigenvalue weighted by molar-refractivity contribution is 5.64. The van der Waals surface area contributed by atoms with Gasteiger partial charge in [0.2, 0.25) is 0 Å². The summed E-state index contributed by atoms with van der Waals surface area (Å²) in [7, 11) is 0. The Morgan fingerprint density at radius 3 is 2.21 bits per heavy atom. The van der Waals surface area contributed by atoms with Crippen molar-refractivity contribution in [2.75, 3.05) is 5.73 Å². The van der Waals surface area contributed by atoms with Gasteiger partial charge in [0.25, 0.3) is 0 Å². The number of hydrogen-bond donors (Lipinski definition) is 1. The van der Waals surface area contributed by atoms with Gasteiger partial charge in [0.15, 0.2) is 5.82 Å². The summed E-state index contributed by atoms with van der Waals surface area (Å²) >= 11 is 0. The highest BCUT2D eigenvalue weighted by atomic mass is 14.9. The van der Waals surface area contributed by atoms with E-state index < -0.39 is 0 Å². The number of rotatable bonds is 2. The van der Waals surface area contributed by atoms with Crippen LogP contribution in [0.4, 0.5) is 5.69 Å². The number of benzene rings is 2. The molecule has 0 radical (unpaired) electrons. The Hall–Kier alpha value is -2.68. The van der Waals surface area contributed by atoms with Crippen molar-refractivity contribution in [1.82, 2.24) is 9.97 Å². The minimum absolute atomic E-state index is 0.731. The van der Waals surface area contributed by atoms with E-state index in [9.17, 15) is 0 Å². The van der Waals surface area contributed by atoms with Crippen LogP contribution in [0.2, 0.25) is 0 Å². The number of nitrogen functional groups attached to an aromatic ring is 1. The highest BCUT2D eigenvalue weighted by Gasteiger charge is 2.03. The second kappa shape index (κ2) is 4.90. The molecule has 3 nitrogen and oxygen atoms in total. The third-order valence-corrected chi connectivity index (χ3v) is 2.89. The van der Waals surface area contributed by atoms with Gasteiger partial charge < -0.3 is 5.73 Å². The van der Waals surface area contributed by atoms with Gasteiger partial charge in [-0.15, -0.1) is 0 Å². The number of aromatic nitrogens is 2. The zero-order valence-corrected chi connectivity index (χ0v) is 10.3. The smallest absolute Gasteiger partial charge is 0.159 e. The highest BCUT2D eigenvalue weighted by Crippen LogP contribution is 2.21. The normalized spacial score (nSPS) is 10.3. The standard InChI is InChI=1S/C16H13N3/c17-14-8-6-12(7-9-14)15-10-11-18-16(19-15)13-4-2-1-3-5-13/h1-11H,17H2. The lowest BCUT2D eigenvalue weighted by Crippen LogP contribution is -1.91. The maximum Gasteiger partial charge on any atom is 0.159 e. The molecule has 0 unspecified atom stereocenters. The van der Waals surface area contributed by atoms with Gasteiger partial charge in [0.1, 0.15) is 0 Å². The quantitative estimate of drug-likeness (QED) is 0.706. The van der Waals surface area contributed by atoms with Crippen molar-refractivity contribution in [2.24, 2.45) is 0 Å². The molecule has 92 valence electrons. The Bertz CT molecular complexity index is 676. The van der Waals surface area contributed by atoms with Crippen LogP contribution in [0.5, 0.6) is 0 Å². The molecule has 0 saturated heterocycles. The van der Waals surface area contributed by atoms with Crippen molar-refractivity contribution >= 4 is 5.69 Å². The topological polar surface area (TPSA) is 51.8 Å². The molecule has 2 N–H and O–H groups in total. The molecule has 3 rings (SSSR count). The van der Waals surface area contributed by atoms with Gasteiger partial charge in [0.05, 0.1) is 5.69 Å². The molecule has 1 heterocycles. The van der Waals surface area contributed by atoms with Gasteiger partial charge in [-0.25, -0.2) is 9.97 Å². The zero-order chi connectivity index (χ0) is 13.1. The van der Waals surface area contributed by atoms with Gasteiger partial charge in [-0.2, -0.15) is 0 Å². The molecule has 3 heteroatoms. The zero-order valence-electron chi connectivity index (χ0n) is 10.3. The lowest BCUT2D eigenvalue weighted by molar-refractivity contribution is 1.18. The SMILES string of the molecule is Nc1ccc(-c2ccnc(-c3ccccc3)n2)cc1. The lowest BCUT2D eigenvalue weighted by Gasteiger charge is -2.04. The summed E-state index contributed by atoms with van der Waals surface area (Å²) in [6.07, 6.45) is 1.78. The predicted molar refractivity (Wildman–Crippen MR) is 77.3 cm³/mol. The molecule has 2 aromatic carbocycles. The number of anilines is 1. The molecule has 0 atom stereocenters. The van der Waals surface area contributed by atoms with Crippen LogP contribution >= 0.6 is 0 Å². The van der Waals surface area contributed by atoms with E-state index in [1.807, 2.05) is 60.7 Å². The van der Waals surface area contributed by atoms with Crippen LogP contribution in [0.25, 0.3) is 22.6 Å². The molecule has 0 fully saturated rings. The number of hydrogen-bond acceptors (Lipinski definition) is 3. The van der Waals surface area contributed by atoms with Crippen LogP contribution in [0.1, 0.15) is 0 Å². The van der Waals surface area contributed by atoms with Crippen molar-refractivity contribution in [1.29, 1.82) is 0 Å². The molecule has 0 amide bonds. The van der Waals surface area contributed by atoms with E-state index in [2.05, 4.69) is 9.97 Å². The summed E-state index contributed by atoms with van der Waals surface area (Å²) < 4.78 is 0. The second-order valence-electron chi connectivity index (χ2n) is 4.25. The van der Waals surface area contributed by atoms with Crippen LogP contribution in [0.3, 0.4) is 0 Å². The first-order valence-corrected chi connectivity index (χ1v) is 6.07. The molecule has 1 aromatic heterocycles. The van der Waals surface area contributed by atoms with E-state index >= 15 is 0 Å². The second-order valence-corrected chi connectivity index (χ2v) is 4.25. The molecule has 0 spiro atoms. The molecule has 0 aliphatic carbocycles. The van der Waals surface area contributed by atoms with E-state index in [1.165, 1.54) is 0 Å². The van der Waals surface area contributed by atoms with E-state index in [4.69, 9.17) is 5.73 Å². The Morgan fingerprint density at radius 1 is 0.737 bits per heavy atom. The van der Waals surface area contributed by atoms with Gasteiger partial charge in [0, 0.05) is 23.0 Å². The van der Waals surface area contributed by atoms with Crippen LogP contribution in [0, 0.1) is 0 Å². The van der Waals surface area contributed by atoms with E-state index in [-0.39, 0.29) is 0 Å². The van der Waals surface area contributed by atoms with Crippen molar-refractivity contribution in [3.8, 4) is 22.6 Å². The van der Waals surface area contributed by atoms with Gasteiger partial charge in [-0.05, 0) is 18.2 Å². The summed E-state index contributed by atoms with van der Waals surface area (Å²) in [5, 5.41) is 0. The third-order valence-electron chi connectivity index (χ3n) is 2.89. The minimum atomic E-state index is 0.731. The fraction of sp³-hybridized carbons (Fsp3) is 0. The average Bonchev–Trinajstić information content (AvgIpc) is 2.49. The number of nitrogens with zero attached hydrogens (tertiary/aromatic N) is 2. The lowest BCUT2D eigenvalue weighted by atomic mass is 10.1. The molecule has 0 saturated carbocycles. The first kappa shape index (κ1) is 11.4.